The summed E-state index contributed by atoms with van der Waals surface area (Å²) in [5.74, 6) is 0.583. The second-order valence-electron chi connectivity index (χ2n) is 6.04. The van der Waals surface area contributed by atoms with Crippen molar-refractivity contribution in [3.8, 4) is 0 Å². The number of hydrogen-bond acceptors (Lipinski definition) is 2. The van der Waals surface area contributed by atoms with Crippen LogP contribution in [0.25, 0.3) is 0 Å². The zero-order chi connectivity index (χ0) is 15.9. The molecule has 1 aliphatic heterocycles. The van der Waals surface area contributed by atoms with E-state index in [4.69, 9.17) is 11.6 Å². The molecule has 1 amide bonds. The third kappa shape index (κ3) is 2.63. The average Bonchev–Trinajstić information content (AvgIpc) is 2.68. The van der Waals surface area contributed by atoms with E-state index >= 15 is 0 Å². The number of amides is 1. The lowest BCUT2D eigenvalue weighted by Crippen LogP contribution is -2.51. The summed E-state index contributed by atoms with van der Waals surface area (Å²) in [4.78, 5) is 14.5. The van der Waals surface area contributed by atoms with Crippen LogP contribution in [-0.4, -0.2) is 33.7 Å². The monoisotopic (exact) mass is 317 g/mol. The Hall–Kier alpha value is -1.81. The molecule has 0 bridgehead atoms. The van der Waals surface area contributed by atoms with Gasteiger partial charge in [-0.05, 0) is 37.8 Å². The van der Waals surface area contributed by atoms with Gasteiger partial charge >= 0.3 is 0 Å². The Kier molecular flexibility index (Phi) is 3.96. The van der Waals surface area contributed by atoms with Crippen LogP contribution in [0.5, 0.6) is 0 Å². The third-order valence-corrected chi connectivity index (χ3v) is 4.80. The van der Waals surface area contributed by atoms with Gasteiger partial charge in [0.05, 0.1) is 11.3 Å². The SMILES string of the molecule is Cc1nn(C)c(C)c1C(=O)N1CC(Cc2ccccc2Cl)C1. The molecule has 3 rings (SSSR count). The van der Waals surface area contributed by atoms with Gasteiger partial charge in [-0.2, -0.15) is 5.10 Å². The van der Waals surface area contributed by atoms with Crippen LogP contribution in [-0.2, 0) is 13.5 Å². The molecule has 5 heteroatoms. The van der Waals surface area contributed by atoms with Crippen LogP contribution in [0.15, 0.2) is 24.3 Å². The fraction of sp³-hybridized carbons (Fsp3) is 0.412. The lowest BCUT2D eigenvalue weighted by Gasteiger charge is -2.39. The molecule has 22 heavy (non-hydrogen) atoms. The predicted molar refractivity (Wildman–Crippen MR) is 87.2 cm³/mol. The summed E-state index contributed by atoms with van der Waals surface area (Å²) in [5, 5.41) is 5.13. The number of rotatable bonds is 3. The Morgan fingerprint density at radius 2 is 2.00 bits per heavy atom. The molecule has 0 radical (unpaired) electrons. The number of nitrogens with zero attached hydrogens (tertiary/aromatic N) is 3. The number of aromatic nitrogens is 2. The predicted octanol–water partition coefficient (Wildman–Crippen LogP) is 3.01. The quantitative estimate of drug-likeness (QED) is 0.873. The Morgan fingerprint density at radius 3 is 2.59 bits per heavy atom. The van der Waals surface area contributed by atoms with E-state index in [9.17, 15) is 4.79 Å². The lowest BCUT2D eigenvalue weighted by molar-refractivity contribution is 0.0499. The van der Waals surface area contributed by atoms with Gasteiger partial charge in [0.15, 0.2) is 0 Å². The van der Waals surface area contributed by atoms with Crippen LogP contribution in [0.2, 0.25) is 5.02 Å². The molecule has 1 aliphatic rings. The van der Waals surface area contributed by atoms with Crippen LogP contribution < -0.4 is 0 Å². The number of carbonyl (C=O) groups is 1. The average molecular weight is 318 g/mol. The first kappa shape index (κ1) is 15.1. The minimum atomic E-state index is 0.0958. The van der Waals surface area contributed by atoms with Crippen molar-refractivity contribution >= 4 is 17.5 Å². The minimum Gasteiger partial charge on any atom is -0.338 e. The Bertz CT molecular complexity index is 717. The standard InChI is InChI=1S/C17H20ClN3O/c1-11-16(12(2)20(3)19-11)17(22)21-9-13(10-21)8-14-6-4-5-7-15(14)18/h4-7,13H,8-10H2,1-3H3. The Morgan fingerprint density at radius 1 is 1.32 bits per heavy atom. The van der Waals surface area contributed by atoms with Crippen molar-refractivity contribution < 1.29 is 4.79 Å². The van der Waals surface area contributed by atoms with E-state index in [-0.39, 0.29) is 5.91 Å². The molecule has 2 heterocycles. The smallest absolute Gasteiger partial charge is 0.257 e. The molecule has 0 atom stereocenters. The summed E-state index contributed by atoms with van der Waals surface area (Å²) >= 11 is 6.20. The maximum absolute atomic E-state index is 12.6. The van der Waals surface area contributed by atoms with E-state index in [2.05, 4.69) is 11.2 Å². The van der Waals surface area contributed by atoms with Gasteiger partial charge in [-0.3, -0.25) is 9.48 Å². The van der Waals surface area contributed by atoms with Crippen molar-refractivity contribution in [3.63, 3.8) is 0 Å². The van der Waals surface area contributed by atoms with Crippen LogP contribution in [0.1, 0.15) is 27.3 Å². The molecule has 0 unspecified atom stereocenters. The summed E-state index contributed by atoms with van der Waals surface area (Å²) in [6.07, 6.45) is 0.925. The maximum atomic E-state index is 12.6. The highest BCUT2D eigenvalue weighted by Crippen LogP contribution is 2.27. The second-order valence-corrected chi connectivity index (χ2v) is 6.45. The third-order valence-electron chi connectivity index (χ3n) is 4.43. The van der Waals surface area contributed by atoms with Gasteiger partial charge in [0.2, 0.25) is 0 Å². The molecule has 1 fully saturated rings. The molecule has 0 saturated carbocycles. The summed E-state index contributed by atoms with van der Waals surface area (Å²) in [7, 11) is 1.87. The van der Waals surface area contributed by atoms with Crippen molar-refractivity contribution in [2.75, 3.05) is 13.1 Å². The van der Waals surface area contributed by atoms with E-state index in [1.807, 2.05) is 44.0 Å². The molecule has 1 aromatic heterocycles. The van der Waals surface area contributed by atoms with E-state index in [1.54, 1.807) is 4.68 Å². The van der Waals surface area contributed by atoms with E-state index in [1.165, 1.54) is 0 Å². The molecule has 1 saturated heterocycles. The summed E-state index contributed by atoms with van der Waals surface area (Å²) in [6, 6.07) is 7.92. The first-order chi connectivity index (χ1) is 10.5. The van der Waals surface area contributed by atoms with Crippen molar-refractivity contribution in [1.29, 1.82) is 0 Å². The minimum absolute atomic E-state index is 0.0958. The molecule has 2 aromatic rings. The molecule has 4 nitrogen and oxygen atoms in total. The van der Waals surface area contributed by atoms with Crippen molar-refractivity contribution in [2.45, 2.75) is 20.3 Å². The van der Waals surface area contributed by atoms with Gasteiger partial charge < -0.3 is 4.90 Å². The van der Waals surface area contributed by atoms with Crippen LogP contribution in [0.4, 0.5) is 0 Å². The largest absolute Gasteiger partial charge is 0.338 e. The fourth-order valence-electron chi connectivity index (χ4n) is 3.08. The molecule has 0 aliphatic carbocycles. The maximum Gasteiger partial charge on any atom is 0.257 e. The first-order valence-corrected chi connectivity index (χ1v) is 7.88. The van der Waals surface area contributed by atoms with Crippen molar-refractivity contribution in [3.05, 3.63) is 51.8 Å². The summed E-state index contributed by atoms with van der Waals surface area (Å²) in [6.45, 7) is 5.41. The highest BCUT2D eigenvalue weighted by molar-refractivity contribution is 6.31. The molecular weight excluding hydrogens is 298 g/mol. The van der Waals surface area contributed by atoms with Crippen LogP contribution >= 0.6 is 11.6 Å². The summed E-state index contributed by atoms with van der Waals surface area (Å²) < 4.78 is 1.77. The van der Waals surface area contributed by atoms with Gasteiger partial charge in [-0.15, -0.1) is 0 Å². The van der Waals surface area contributed by atoms with Gasteiger partial charge in [0, 0.05) is 30.9 Å². The van der Waals surface area contributed by atoms with Crippen molar-refractivity contribution in [2.24, 2.45) is 13.0 Å². The molecule has 116 valence electrons. The molecule has 0 N–H and O–H groups in total. The number of aryl methyl sites for hydroxylation is 2. The van der Waals surface area contributed by atoms with E-state index < -0.39 is 0 Å². The second kappa shape index (κ2) is 5.76. The molecular formula is C17H20ClN3O. The number of carbonyl (C=O) groups excluding carboxylic acids is 1. The van der Waals surface area contributed by atoms with E-state index in [0.717, 1.165) is 47.0 Å². The van der Waals surface area contributed by atoms with Gasteiger partial charge in [-0.25, -0.2) is 0 Å². The molecule has 0 spiro atoms. The first-order valence-electron chi connectivity index (χ1n) is 7.50. The van der Waals surface area contributed by atoms with Crippen LogP contribution in [0, 0.1) is 19.8 Å². The van der Waals surface area contributed by atoms with Crippen molar-refractivity contribution in [1.82, 2.24) is 14.7 Å². The van der Waals surface area contributed by atoms with Gasteiger partial charge in [0.1, 0.15) is 0 Å². The Labute approximate surface area is 135 Å². The zero-order valence-corrected chi connectivity index (χ0v) is 13.9. The molecule has 1 aromatic carbocycles. The zero-order valence-electron chi connectivity index (χ0n) is 13.1. The normalized spacial score (nSPS) is 15.0. The fourth-order valence-corrected chi connectivity index (χ4v) is 3.29. The number of benzene rings is 1. The number of hydrogen-bond donors (Lipinski definition) is 0. The lowest BCUT2D eigenvalue weighted by atomic mass is 9.91. The van der Waals surface area contributed by atoms with Gasteiger partial charge in [-0.1, -0.05) is 29.8 Å². The van der Waals surface area contributed by atoms with Gasteiger partial charge in [0.25, 0.3) is 5.91 Å². The summed E-state index contributed by atoms with van der Waals surface area (Å²) in [5.41, 5.74) is 3.64. The highest BCUT2D eigenvalue weighted by Gasteiger charge is 2.33. The van der Waals surface area contributed by atoms with E-state index in [0.29, 0.717) is 5.92 Å². The van der Waals surface area contributed by atoms with Crippen LogP contribution in [0.3, 0.4) is 0 Å². The highest BCUT2D eigenvalue weighted by atomic mass is 35.5. The number of likely N-dealkylation sites (tertiary alicyclic amines) is 1. The topological polar surface area (TPSA) is 38.1 Å². The number of halogens is 1. The Balaban J connectivity index is 1.64.